The van der Waals surface area contributed by atoms with Crippen molar-refractivity contribution >= 4 is 29.1 Å². The topological polar surface area (TPSA) is 58.2 Å². The Morgan fingerprint density at radius 1 is 0.839 bits per heavy atom. The molecule has 2 amide bonds. The molecule has 0 saturated heterocycles. The average Bonchev–Trinajstić information content (AvgIpc) is 2.75. The van der Waals surface area contributed by atoms with Crippen LogP contribution in [-0.4, -0.2) is 18.4 Å². The molecule has 4 nitrogen and oxygen atoms in total. The fourth-order valence-electron chi connectivity index (χ4n) is 3.15. The van der Waals surface area contributed by atoms with Gasteiger partial charge in [-0.15, -0.1) is 0 Å². The lowest BCUT2D eigenvalue weighted by atomic mass is 9.87. The summed E-state index contributed by atoms with van der Waals surface area (Å²) in [5.41, 5.74) is 3.70. The number of amides is 2. The van der Waals surface area contributed by atoms with Gasteiger partial charge in [-0.25, -0.2) is 0 Å². The molecule has 3 aromatic rings. The Kier molecular flexibility index (Phi) is 7.13. The summed E-state index contributed by atoms with van der Waals surface area (Å²) in [7, 11) is 0. The van der Waals surface area contributed by atoms with Crippen LogP contribution in [-0.2, 0) is 11.8 Å². The first kappa shape index (κ1) is 22.6. The Morgan fingerprint density at radius 3 is 2.13 bits per heavy atom. The average molecular weight is 435 g/mol. The van der Waals surface area contributed by atoms with Crippen molar-refractivity contribution < 1.29 is 9.59 Å². The highest BCUT2D eigenvalue weighted by Gasteiger charge is 2.16. The van der Waals surface area contributed by atoms with Gasteiger partial charge in [0.15, 0.2) is 0 Å². The van der Waals surface area contributed by atoms with Gasteiger partial charge in [0, 0.05) is 17.7 Å². The van der Waals surface area contributed by atoms with Crippen LogP contribution in [0.5, 0.6) is 0 Å². The molecule has 3 rings (SSSR count). The van der Waals surface area contributed by atoms with E-state index in [-0.39, 0.29) is 17.2 Å². The van der Waals surface area contributed by atoms with E-state index >= 15 is 0 Å². The van der Waals surface area contributed by atoms with Crippen LogP contribution in [0.2, 0.25) is 5.02 Å². The van der Waals surface area contributed by atoms with Gasteiger partial charge in [-0.3, -0.25) is 9.59 Å². The Labute approximate surface area is 188 Å². The Bertz CT molecular complexity index is 1060. The molecule has 3 aromatic carbocycles. The third-order valence-corrected chi connectivity index (χ3v) is 5.36. The Balaban J connectivity index is 1.64. The van der Waals surface area contributed by atoms with E-state index in [9.17, 15) is 9.59 Å². The molecule has 0 aliphatic carbocycles. The molecule has 0 aromatic heterocycles. The molecule has 0 heterocycles. The summed E-state index contributed by atoms with van der Waals surface area (Å²) in [6.45, 7) is 6.89. The first-order chi connectivity index (χ1) is 14.7. The summed E-state index contributed by atoms with van der Waals surface area (Å²) >= 11 is 6.26. The number of hydrogen-bond donors (Lipinski definition) is 2. The molecule has 5 heteroatoms. The summed E-state index contributed by atoms with van der Waals surface area (Å²) in [6.07, 6.45) is 0.744. The Morgan fingerprint density at radius 2 is 1.48 bits per heavy atom. The van der Waals surface area contributed by atoms with E-state index in [0.717, 1.165) is 17.5 Å². The monoisotopic (exact) mass is 434 g/mol. The predicted octanol–water partition coefficient (Wildman–Crippen LogP) is 5.86. The minimum Gasteiger partial charge on any atom is -0.352 e. The number of rotatable bonds is 6. The fourth-order valence-corrected chi connectivity index (χ4v) is 3.31. The summed E-state index contributed by atoms with van der Waals surface area (Å²) in [5, 5.41) is 6.09. The minimum absolute atomic E-state index is 0.0144. The maximum absolute atomic E-state index is 12.7. The predicted molar refractivity (Wildman–Crippen MR) is 127 cm³/mol. The van der Waals surface area contributed by atoms with Gasteiger partial charge < -0.3 is 10.6 Å². The van der Waals surface area contributed by atoms with E-state index in [1.54, 1.807) is 30.3 Å². The minimum atomic E-state index is -0.274. The number of carbonyl (C=O) groups is 2. The highest BCUT2D eigenvalue weighted by Crippen LogP contribution is 2.25. The highest BCUT2D eigenvalue weighted by atomic mass is 35.5. The number of anilines is 1. The molecule has 0 fully saturated rings. The second-order valence-corrected chi connectivity index (χ2v) is 8.87. The van der Waals surface area contributed by atoms with Crippen LogP contribution in [0.1, 0.15) is 52.6 Å². The molecule has 0 aliphatic rings. The molecular weight excluding hydrogens is 408 g/mol. The molecule has 31 heavy (non-hydrogen) atoms. The molecular formula is C26H27ClN2O2. The number of carbonyl (C=O) groups excluding carboxylic acids is 2. The SMILES string of the molecule is CC(C)(C)c1ccc(C(=O)Nc2cc(C(=O)NCCc3ccccc3)ccc2Cl)cc1. The molecule has 2 N–H and O–H groups in total. The zero-order valence-corrected chi connectivity index (χ0v) is 18.8. The van der Waals surface area contributed by atoms with Crippen molar-refractivity contribution in [2.75, 3.05) is 11.9 Å². The molecule has 0 aliphatic heterocycles. The van der Waals surface area contributed by atoms with Crippen LogP contribution in [0.3, 0.4) is 0 Å². The van der Waals surface area contributed by atoms with Crippen molar-refractivity contribution in [1.82, 2.24) is 5.32 Å². The van der Waals surface area contributed by atoms with Gasteiger partial charge in [0.25, 0.3) is 11.8 Å². The van der Waals surface area contributed by atoms with Gasteiger partial charge in [-0.2, -0.15) is 0 Å². The normalized spacial score (nSPS) is 11.1. The first-order valence-corrected chi connectivity index (χ1v) is 10.7. The van der Waals surface area contributed by atoms with Gasteiger partial charge in [0.2, 0.25) is 0 Å². The number of hydrogen-bond acceptors (Lipinski definition) is 2. The van der Waals surface area contributed by atoms with Crippen molar-refractivity contribution in [3.8, 4) is 0 Å². The molecule has 160 valence electrons. The molecule has 0 atom stereocenters. The third-order valence-electron chi connectivity index (χ3n) is 5.03. The van der Waals surface area contributed by atoms with Crippen molar-refractivity contribution in [2.45, 2.75) is 32.6 Å². The quantitative estimate of drug-likeness (QED) is 0.510. The van der Waals surface area contributed by atoms with Gasteiger partial charge in [0.1, 0.15) is 0 Å². The van der Waals surface area contributed by atoms with E-state index in [0.29, 0.717) is 28.4 Å². The van der Waals surface area contributed by atoms with Crippen molar-refractivity contribution in [3.05, 3.63) is 100 Å². The maximum Gasteiger partial charge on any atom is 0.255 e. The molecule has 0 spiro atoms. The van der Waals surface area contributed by atoms with Crippen LogP contribution >= 0.6 is 11.6 Å². The number of nitrogens with one attached hydrogen (secondary N) is 2. The van der Waals surface area contributed by atoms with Crippen LogP contribution < -0.4 is 10.6 Å². The standard InChI is InChI=1S/C26H27ClN2O2/c1-26(2,3)21-12-9-19(10-13-21)25(31)29-23-17-20(11-14-22(23)27)24(30)28-16-15-18-7-5-4-6-8-18/h4-14,17H,15-16H2,1-3H3,(H,28,30)(H,29,31). The largest absolute Gasteiger partial charge is 0.352 e. The van der Waals surface area contributed by atoms with Crippen LogP contribution in [0.4, 0.5) is 5.69 Å². The van der Waals surface area contributed by atoms with E-state index in [2.05, 4.69) is 31.4 Å². The molecule has 0 saturated carbocycles. The zero-order valence-electron chi connectivity index (χ0n) is 18.0. The van der Waals surface area contributed by atoms with E-state index in [1.807, 2.05) is 42.5 Å². The lowest BCUT2D eigenvalue weighted by molar-refractivity contribution is 0.0952. The maximum atomic E-state index is 12.7. The first-order valence-electron chi connectivity index (χ1n) is 10.3. The molecule has 0 radical (unpaired) electrons. The number of benzene rings is 3. The van der Waals surface area contributed by atoms with Crippen molar-refractivity contribution in [1.29, 1.82) is 0 Å². The van der Waals surface area contributed by atoms with Gasteiger partial charge in [-0.05, 0) is 53.3 Å². The second kappa shape index (κ2) is 9.80. The summed E-state index contributed by atoms with van der Waals surface area (Å²) in [6, 6.07) is 22.3. The van der Waals surface area contributed by atoms with Crippen molar-refractivity contribution in [2.24, 2.45) is 0 Å². The number of halogens is 1. The van der Waals surface area contributed by atoms with Gasteiger partial charge in [0.05, 0.1) is 10.7 Å². The molecule has 0 bridgehead atoms. The lowest BCUT2D eigenvalue weighted by Gasteiger charge is -2.19. The third kappa shape index (κ3) is 6.19. The summed E-state index contributed by atoms with van der Waals surface area (Å²) in [5.74, 6) is -0.485. The molecule has 0 unspecified atom stereocenters. The fraction of sp³-hybridized carbons (Fsp3) is 0.231. The van der Waals surface area contributed by atoms with Gasteiger partial charge in [-0.1, -0.05) is 74.8 Å². The van der Waals surface area contributed by atoms with E-state index in [4.69, 9.17) is 11.6 Å². The van der Waals surface area contributed by atoms with E-state index < -0.39 is 0 Å². The van der Waals surface area contributed by atoms with Gasteiger partial charge >= 0.3 is 0 Å². The van der Waals surface area contributed by atoms with Crippen LogP contribution in [0, 0.1) is 0 Å². The van der Waals surface area contributed by atoms with Crippen LogP contribution in [0.15, 0.2) is 72.8 Å². The van der Waals surface area contributed by atoms with Crippen molar-refractivity contribution in [3.63, 3.8) is 0 Å². The summed E-state index contributed by atoms with van der Waals surface area (Å²) in [4.78, 5) is 25.2. The zero-order chi connectivity index (χ0) is 22.4. The summed E-state index contributed by atoms with van der Waals surface area (Å²) < 4.78 is 0. The highest BCUT2D eigenvalue weighted by molar-refractivity contribution is 6.34. The van der Waals surface area contributed by atoms with E-state index in [1.165, 1.54) is 0 Å². The second-order valence-electron chi connectivity index (χ2n) is 8.47. The smallest absolute Gasteiger partial charge is 0.255 e. The lowest BCUT2D eigenvalue weighted by Crippen LogP contribution is -2.25. The Hall–Kier alpha value is -3.11. The van der Waals surface area contributed by atoms with Crippen LogP contribution in [0.25, 0.3) is 0 Å².